The molecule has 0 saturated carbocycles. The minimum atomic E-state index is -4.99. The summed E-state index contributed by atoms with van der Waals surface area (Å²) >= 11 is 0. The van der Waals surface area contributed by atoms with Gasteiger partial charge in [-0.15, -0.1) is 0 Å². The van der Waals surface area contributed by atoms with Crippen molar-refractivity contribution in [3.05, 3.63) is 0 Å². The van der Waals surface area contributed by atoms with Crippen LogP contribution in [0.1, 0.15) is 27.7 Å². The van der Waals surface area contributed by atoms with Crippen LogP contribution < -0.4 is 0 Å². The minimum Gasteiger partial charge on any atom is -0.347 e. The fourth-order valence-corrected chi connectivity index (χ4v) is 1.70. The fraction of sp³-hybridized carbons (Fsp3) is 1.00. The van der Waals surface area contributed by atoms with Crippen LogP contribution in [0.4, 0.5) is 17.6 Å². The minimum absolute atomic E-state index is 0.588. The van der Waals surface area contributed by atoms with Crippen LogP contribution in [0.2, 0.25) is 0 Å². The maximum absolute atomic E-state index is 14.0. The Morgan fingerprint density at radius 1 is 1.25 bits per heavy atom. The highest BCUT2D eigenvalue weighted by molar-refractivity contribution is 4.99. The third-order valence-electron chi connectivity index (χ3n) is 2.57. The monoisotopic (exact) mass is 244 g/mol. The lowest BCUT2D eigenvalue weighted by atomic mass is 9.88. The normalized spacial score (nSPS) is 35.4. The van der Waals surface area contributed by atoms with Gasteiger partial charge < -0.3 is 9.47 Å². The molecule has 16 heavy (non-hydrogen) atoms. The lowest BCUT2D eigenvalue weighted by Gasteiger charge is -2.46. The van der Waals surface area contributed by atoms with E-state index in [0.29, 0.717) is 0 Å². The Balaban J connectivity index is 3.02. The first-order valence-corrected chi connectivity index (χ1v) is 5.07. The molecule has 96 valence electrons. The zero-order chi connectivity index (χ0) is 12.8. The van der Waals surface area contributed by atoms with Gasteiger partial charge in [0.15, 0.2) is 5.79 Å². The first kappa shape index (κ1) is 13.7. The molecule has 2 nitrogen and oxygen atoms in total. The predicted octanol–water partition coefficient (Wildman–Crippen LogP) is 3.06. The number of hydrogen-bond donors (Lipinski definition) is 0. The van der Waals surface area contributed by atoms with Gasteiger partial charge in [-0.1, -0.05) is 13.8 Å². The maximum atomic E-state index is 14.0. The van der Waals surface area contributed by atoms with E-state index < -0.39 is 36.3 Å². The van der Waals surface area contributed by atoms with Crippen LogP contribution in [0, 0.1) is 5.92 Å². The van der Waals surface area contributed by atoms with Gasteiger partial charge in [0.25, 0.3) is 5.67 Å². The lowest BCUT2D eigenvalue weighted by Crippen LogP contribution is -2.63. The fourth-order valence-electron chi connectivity index (χ4n) is 1.70. The van der Waals surface area contributed by atoms with Crippen LogP contribution in [0.5, 0.6) is 0 Å². The molecule has 0 bridgehead atoms. The highest BCUT2D eigenvalue weighted by Crippen LogP contribution is 2.45. The first-order chi connectivity index (χ1) is 7.00. The summed E-state index contributed by atoms with van der Waals surface area (Å²) in [5.41, 5.74) is -3.43. The summed E-state index contributed by atoms with van der Waals surface area (Å²) in [4.78, 5) is 0. The van der Waals surface area contributed by atoms with E-state index in [1.165, 1.54) is 27.7 Å². The Hall–Kier alpha value is -0.360. The van der Waals surface area contributed by atoms with Crippen molar-refractivity contribution in [1.82, 2.24) is 0 Å². The summed E-state index contributed by atoms with van der Waals surface area (Å²) in [6, 6.07) is 0. The number of alkyl halides is 4. The molecule has 0 spiro atoms. The van der Waals surface area contributed by atoms with Gasteiger partial charge in [0, 0.05) is 0 Å². The summed E-state index contributed by atoms with van der Waals surface area (Å²) in [6.45, 7) is 4.90. The molecule has 6 heteroatoms. The molecule has 0 N–H and O–H groups in total. The van der Waals surface area contributed by atoms with Crippen molar-refractivity contribution in [3.63, 3.8) is 0 Å². The molecule has 1 rings (SSSR count). The van der Waals surface area contributed by atoms with Crippen molar-refractivity contribution >= 4 is 0 Å². The quantitative estimate of drug-likeness (QED) is 0.660. The van der Waals surface area contributed by atoms with E-state index >= 15 is 0 Å². The summed E-state index contributed by atoms with van der Waals surface area (Å²) in [5.74, 6) is -1.77. The zero-order valence-electron chi connectivity index (χ0n) is 9.69. The first-order valence-electron chi connectivity index (χ1n) is 5.07. The summed E-state index contributed by atoms with van der Waals surface area (Å²) in [5, 5.41) is 0. The molecule has 0 radical (unpaired) electrons. The molecule has 1 heterocycles. The predicted molar refractivity (Wildman–Crippen MR) is 49.6 cm³/mol. The van der Waals surface area contributed by atoms with Gasteiger partial charge in [0.1, 0.15) is 6.10 Å². The summed E-state index contributed by atoms with van der Waals surface area (Å²) < 4.78 is 61.8. The topological polar surface area (TPSA) is 18.5 Å². The van der Waals surface area contributed by atoms with E-state index in [1.54, 1.807) is 0 Å². The van der Waals surface area contributed by atoms with Gasteiger partial charge in [-0.3, -0.25) is 0 Å². The lowest BCUT2D eigenvalue weighted by molar-refractivity contribution is -0.381. The van der Waals surface area contributed by atoms with Crippen molar-refractivity contribution in [2.75, 3.05) is 6.61 Å². The van der Waals surface area contributed by atoms with Crippen LogP contribution in [0.3, 0.4) is 0 Å². The average molecular weight is 244 g/mol. The van der Waals surface area contributed by atoms with Crippen molar-refractivity contribution in [1.29, 1.82) is 0 Å². The average Bonchev–Trinajstić information content (AvgIpc) is 2.07. The Morgan fingerprint density at radius 3 is 2.12 bits per heavy atom. The maximum Gasteiger partial charge on any atom is 0.427 e. The van der Waals surface area contributed by atoms with Crippen LogP contribution >= 0.6 is 0 Å². The van der Waals surface area contributed by atoms with Crippen molar-refractivity contribution in [2.24, 2.45) is 5.92 Å². The van der Waals surface area contributed by atoms with Crippen molar-refractivity contribution in [3.8, 4) is 0 Å². The molecule has 1 fully saturated rings. The SMILES string of the molecule is CC(C)[C@H]1OC(C)(C)OC[C@@]1(F)C(F)(F)F. The van der Waals surface area contributed by atoms with Crippen molar-refractivity contribution in [2.45, 2.75) is 51.4 Å². The standard InChI is InChI=1S/C10H16F4O2/c1-6(2)7-9(11,10(12,13)14)5-15-8(3,4)16-7/h6-7H,5H2,1-4H3/t7-,9+/m1/s1. The highest BCUT2D eigenvalue weighted by Gasteiger charge is 2.65. The molecule has 1 aliphatic rings. The van der Waals surface area contributed by atoms with E-state index in [1.807, 2.05) is 0 Å². The van der Waals surface area contributed by atoms with Gasteiger partial charge in [-0.05, 0) is 19.8 Å². The third kappa shape index (κ3) is 2.32. The molecule has 2 atom stereocenters. The number of rotatable bonds is 1. The second-order valence-electron chi connectivity index (χ2n) is 4.83. The largest absolute Gasteiger partial charge is 0.427 e. The summed E-state index contributed by atoms with van der Waals surface area (Å²) in [6.07, 6.45) is -6.53. The molecular weight excluding hydrogens is 228 g/mol. The number of halogens is 4. The van der Waals surface area contributed by atoms with Crippen LogP contribution in [-0.2, 0) is 9.47 Å². The zero-order valence-corrected chi connectivity index (χ0v) is 9.69. The summed E-state index contributed by atoms with van der Waals surface area (Å²) in [7, 11) is 0. The number of ether oxygens (including phenoxy) is 2. The third-order valence-corrected chi connectivity index (χ3v) is 2.57. The second kappa shape index (κ2) is 3.84. The Bertz CT molecular complexity index is 262. The molecule has 0 amide bonds. The molecule has 1 aliphatic heterocycles. The Morgan fingerprint density at radius 2 is 1.75 bits per heavy atom. The molecule has 0 aromatic rings. The molecular formula is C10H16F4O2. The van der Waals surface area contributed by atoms with E-state index in [9.17, 15) is 17.6 Å². The van der Waals surface area contributed by atoms with Gasteiger partial charge in [-0.25, -0.2) is 4.39 Å². The highest BCUT2D eigenvalue weighted by atomic mass is 19.4. The van der Waals surface area contributed by atoms with Crippen LogP contribution in [0.15, 0.2) is 0 Å². The molecule has 0 aromatic heterocycles. The molecule has 1 saturated heterocycles. The number of hydrogen-bond acceptors (Lipinski definition) is 2. The van der Waals surface area contributed by atoms with Crippen LogP contribution in [0.25, 0.3) is 0 Å². The van der Waals surface area contributed by atoms with E-state index in [0.717, 1.165) is 0 Å². The van der Waals surface area contributed by atoms with Crippen LogP contribution in [-0.4, -0.2) is 30.3 Å². The smallest absolute Gasteiger partial charge is 0.347 e. The van der Waals surface area contributed by atoms with Gasteiger partial charge in [0.05, 0.1) is 6.61 Å². The second-order valence-corrected chi connectivity index (χ2v) is 4.83. The Labute approximate surface area is 91.9 Å². The van der Waals surface area contributed by atoms with E-state index in [-0.39, 0.29) is 0 Å². The molecule has 0 aliphatic carbocycles. The molecule has 0 unspecified atom stereocenters. The van der Waals surface area contributed by atoms with Crippen molar-refractivity contribution < 1.29 is 27.0 Å². The van der Waals surface area contributed by atoms with Gasteiger partial charge in [0.2, 0.25) is 0 Å². The Kier molecular flexibility index (Phi) is 3.29. The molecule has 0 aromatic carbocycles. The van der Waals surface area contributed by atoms with E-state index in [2.05, 4.69) is 0 Å². The van der Waals surface area contributed by atoms with Gasteiger partial charge >= 0.3 is 6.18 Å². The van der Waals surface area contributed by atoms with E-state index in [4.69, 9.17) is 9.47 Å². The van der Waals surface area contributed by atoms with Gasteiger partial charge in [-0.2, -0.15) is 13.2 Å².